The molecule has 0 atom stereocenters. The van der Waals surface area contributed by atoms with Crippen LogP contribution < -0.4 is 4.87 Å². The van der Waals surface area contributed by atoms with Gasteiger partial charge < -0.3 is 14.0 Å². The summed E-state index contributed by atoms with van der Waals surface area (Å²) in [5.74, 6) is -2.20. The van der Waals surface area contributed by atoms with Crippen LogP contribution >= 0.6 is 11.3 Å². The molecule has 2 aromatic heterocycles. The third-order valence-corrected chi connectivity index (χ3v) is 5.51. The van der Waals surface area contributed by atoms with Crippen LogP contribution in [-0.2, 0) is 15.9 Å². The number of thiazole rings is 1. The smallest absolute Gasteiger partial charge is 0.313 e. The molecule has 29 heavy (non-hydrogen) atoms. The van der Waals surface area contributed by atoms with E-state index in [1.807, 2.05) is 30.3 Å². The van der Waals surface area contributed by atoms with Crippen molar-refractivity contribution < 1.29 is 22.8 Å². The summed E-state index contributed by atoms with van der Waals surface area (Å²) in [6.45, 7) is 0.566. The van der Waals surface area contributed by atoms with E-state index in [1.165, 1.54) is 10.6 Å². The van der Waals surface area contributed by atoms with Crippen molar-refractivity contribution >= 4 is 22.3 Å². The summed E-state index contributed by atoms with van der Waals surface area (Å²) in [4.78, 5) is 12.2. The van der Waals surface area contributed by atoms with Gasteiger partial charge in [-0.05, 0) is 11.6 Å². The highest BCUT2D eigenvalue weighted by Crippen LogP contribution is 2.34. The quantitative estimate of drug-likeness (QED) is 0.504. The Labute approximate surface area is 166 Å². The second kappa shape index (κ2) is 7.18. The number of nitrogens with zero attached hydrogens (tertiary/aromatic N) is 2. The van der Waals surface area contributed by atoms with Crippen LogP contribution in [0.5, 0.6) is 0 Å². The molecule has 1 fully saturated rings. The average Bonchev–Trinajstić information content (AvgIpc) is 3.46. The van der Waals surface area contributed by atoms with Gasteiger partial charge in [-0.1, -0.05) is 46.8 Å². The molecule has 1 saturated heterocycles. The van der Waals surface area contributed by atoms with Gasteiger partial charge in [-0.15, -0.1) is 0 Å². The highest BCUT2D eigenvalue weighted by molar-refractivity contribution is 7.07. The number of ether oxygens (including phenoxy) is 2. The lowest BCUT2D eigenvalue weighted by molar-refractivity contribution is -0.0467. The Bertz CT molecular complexity index is 1240. The van der Waals surface area contributed by atoms with E-state index in [-0.39, 0.29) is 40.4 Å². The molecule has 0 spiro atoms. The van der Waals surface area contributed by atoms with E-state index in [0.717, 1.165) is 16.9 Å². The Morgan fingerprint density at radius 3 is 2.66 bits per heavy atom. The van der Waals surface area contributed by atoms with Gasteiger partial charge in [-0.25, -0.2) is 4.39 Å². The molecule has 2 aromatic carbocycles. The van der Waals surface area contributed by atoms with E-state index in [1.54, 1.807) is 5.38 Å². The molecule has 0 aliphatic carbocycles. The summed E-state index contributed by atoms with van der Waals surface area (Å²) < 4.78 is 46.1. The zero-order valence-corrected chi connectivity index (χ0v) is 15.7. The summed E-state index contributed by atoms with van der Waals surface area (Å²) in [5, 5.41) is 5.77. The van der Waals surface area contributed by atoms with Crippen LogP contribution in [0.1, 0.15) is 23.1 Å². The zero-order valence-electron chi connectivity index (χ0n) is 14.9. The average molecular weight is 416 g/mol. The van der Waals surface area contributed by atoms with E-state index in [0.29, 0.717) is 12.1 Å². The third-order valence-electron chi connectivity index (χ3n) is 4.74. The lowest BCUT2D eigenvalue weighted by Crippen LogP contribution is -2.15. The Morgan fingerprint density at radius 1 is 1.14 bits per heavy atom. The minimum Gasteiger partial charge on any atom is -0.351 e. The normalized spacial score (nSPS) is 14.8. The van der Waals surface area contributed by atoms with Crippen LogP contribution in [-0.4, -0.2) is 22.9 Å². The van der Waals surface area contributed by atoms with Crippen LogP contribution in [0.25, 0.3) is 16.8 Å². The summed E-state index contributed by atoms with van der Waals surface area (Å²) in [5.41, 5.74) is 1.21. The van der Waals surface area contributed by atoms with Gasteiger partial charge in [0.1, 0.15) is 0 Å². The van der Waals surface area contributed by atoms with Crippen LogP contribution in [0.2, 0.25) is 0 Å². The van der Waals surface area contributed by atoms with Crippen LogP contribution in [0.4, 0.5) is 8.78 Å². The predicted molar refractivity (Wildman–Crippen MR) is 101 cm³/mol. The van der Waals surface area contributed by atoms with E-state index < -0.39 is 17.9 Å². The predicted octanol–water partition coefficient (Wildman–Crippen LogP) is 3.95. The fourth-order valence-electron chi connectivity index (χ4n) is 3.38. The molecule has 0 unspecified atom stereocenters. The number of halogens is 2. The van der Waals surface area contributed by atoms with E-state index in [9.17, 15) is 13.6 Å². The molecule has 9 heteroatoms. The molecule has 1 aliphatic rings. The van der Waals surface area contributed by atoms with Crippen molar-refractivity contribution in [2.75, 3.05) is 13.2 Å². The minimum absolute atomic E-state index is 0.0927. The molecule has 148 valence electrons. The van der Waals surface area contributed by atoms with Crippen molar-refractivity contribution in [3.05, 3.63) is 79.9 Å². The van der Waals surface area contributed by atoms with Crippen molar-refractivity contribution in [1.29, 1.82) is 0 Å². The fraction of sp³-hybridized carbons (Fsp3) is 0.200. The first kappa shape index (κ1) is 18.2. The van der Waals surface area contributed by atoms with Crippen LogP contribution in [0.15, 0.2) is 51.1 Å². The second-order valence-electron chi connectivity index (χ2n) is 6.54. The summed E-state index contributed by atoms with van der Waals surface area (Å²) in [7, 11) is 0. The number of hydrogen-bond donors (Lipinski definition) is 0. The Hall–Kier alpha value is -2.88. The van der Waals surface area contributed by atoms with Crippen molar-refractivity contribution in [1.82, 2.24) is 9.72 Å². The van der Waals surface area contributed by atoms with Crippen molar-refractivity contribution in [2.24, 2.45) is 0 Å². The van der Waals surface area contributed by atoms with Crippen LogP contribution in [0.3, 0.4) is 0 Å². The second-order valence-corrected chi connectivity index (χ2v) is 7.36. The molecular weight excluding hydrogens is 402 g/mol. The zero-order chi connectivity index (χ0) is 20.0. The maximum atomic E-state index is 14.6. The standard InChI is InChI=1S/C20H14F2N2O4S/c21-15-13(19-26-6-7-27-19)9-14-17(16(15)22)28-23-18(14)24-12(10-29-20(24)25)8-11-4-2-1-3-5-11/h1-5,9-10,19H,6-8H2. The highest BCUT2D eigenvalue weighted by atomic mass is 32.1. The Morgan fingerprint density at radius 2 is 1.90 bits per heavy atom. The molecule has 0 N–H and O–H groups in total. The maximum absolute atomic E-state index is 14.6. The topological polar surface area (TPSA) is 66.5 Å². The highest BCUT2D eigenvalue weighted by Gasteiger charge is 2.29. The maximum Gasteiger partial charge on any atom is 0.313 e. The van der Waals surface area contributed by atoms with Crippen molar-refractivity contribution in [3.63, 3.8) is 0 Å². The fourth-order valence-corrected chi connectivity index (χ4v) is 4.12. The van der Waals surface area contributed by atoms with Gasteiger partial charge >= 0.3 is 4.87 Å². The SMILES string of the molecule is O=c1scc(Cc2ccccc2)n1-c1noc2c(F)c(F)c(C3OCCO3)cc12. The molecule has 0 bridgehead atoms. The first-order valence-corrected chi connectivity index (χ1v) is 9.75. The molecule has 6 nitrogen and oxygen atoms in total. The molecule has 0 radical (unpaired) electrons. The molecular formula is C20H14F2N2O4S. The Balaban J connectivity index is 1.66. The van der Waals surface area contributed by atoms with Gasteiger partial charge in [0.15, 0.2) is 17.9 Å². The monoisotopic (exact) mass is 416 g/mol. The van der Waals surface area contributed by atoms with Gasteiger partial charge in [-0.3, -0.25) is 9.36 Å². The number of fused-ring (bicyclic) bond motifs is 1. The lowest BCUT2D eigenvalue weighted by Gasteiger charge is -2.11. The minimum atomic E-state index is -1.19. The number of benzene rings is 2. The van der Waals surface area contributed by atoms with E-state index in [2.05, 4.69) is 5.16 Å². The Kier molecular flexibility index (Phi) is 4.50. The van der Waals surface area contributed by atoms with E-state index in [4.69, 9.17) is 14.0 Å². The van der Waals surface area contributed by atoms with E-state index >= 15 is 0 Å². The summed E-state index contributed by atoms with van der Waals surface area (Å²) >= 11 is 1.00. The largest absolute Gasteiger partial charge is 0.351 e. The summed E-state index contributed by atoms with van der Waals surface area (Å²) in [6, 6.07) is 11.0. The number of aromatic nitrogens is 2. The molecule has 0 saturated carbocycles. The lowest BCUT2D eigenvalue weighted by atomic mass is 10.1. The molecule has 0 amide bonds. The van der Waals surface area contributed by atoms with Crippen LogP contribution in [0, 0.1) is 11.6 Å². The van der Waals surface area contributed by atoms with Gasteiger partial charge in [0.2, 0.25) is 11.4 Å². The molecule has 3 heterocycles. The van der Waals surface area contributed by atoms with Gasteiger partial charge in [0.25, 0.3) is 0 Å². The van der Waals surface area contributed by atoms with Gasteiger partial charge in [0, 0.05) is 23.1 Å². The number of rotatable bonds is 4. The third kappa shape index (κ3) is 3.07. The van der Waals surface area contributed by atoms with Gasteiger partial charge in [0.05, 0.1) is 18.6 Å². The number of hydrogen-bond acceptors (Lipinski definition) is 6. The first-order valence-electron chi connectivity index (χ1n) is 8.87. The summed E-state index contributed by atoms with van der Waals surface area (Å²) in [6.07, 6.45) is -0.543. The molecule has 5 rings (SSSR count). The van der Waals surface area contributed by atoms with Crippen molar-refractivity contribution in [3.8, 4) is 5.82 Å². The first-order chi connectivity index (χ1) is 14.1. The van der Waals surface area contributed by atoms with Gasteiger partial charge in [-0.2, -0.15) is 4.39 Å². The molecule has 4 aromatic rings. The van der Waals surface area contributed by atoms with Crippen molar-refractivity contribution in [2.45, 2.75) is 12.7 Å². The molecule has 1 aliphatic heterocycles.